The van der Waals surface area contributed by atoms with E-state index in [9.17, 15) is 0 Å². The molecule has 0 atom stereocenters. The van der Waals surface area contributed by atoms with Crippen LogP contribution < -0.4 is 0 Å². The first-order chi connectivity index (χ1) is 5.86. The molecule has 0 radical (unpaired) electrons. The number of hydrogen-bond acceptors (Lipinski definition) is 2. The smallest absolute Gasteiger partial charge is 0.0980 e. The van der Waals surface area contributed by atoms with Crippen LogP contribution in [0.15, 0.2) is 12.8 Å². The summed E-state index contributed by atoms with van der Waals surface area (Å²) in [4.78, 5) is 0. The molecule has 0 aromatic carbocycles. The minimum absolute atomic E-state index is 0.388. The third-order valence-electron chi connectivity index (χ3n) is 2.31. The van der Waals surface area contributed by atoms with E-state index >= 15 is 0 Å². The van der Waals surface area contributed by atoms with Crippen LogP contribution in [0, 0.1) is 0 Å². The molecule has 0 spiro atoms. The lowest BCUT2D eigenvalue weighted by Crippen LogP contribution is -2.25. The van der Waals surface area contributed by atoms with E-state index < -0.39 is 0 Å². The van der Waals surface area contributed by atoms with E-state index in [4.69, 9.17) is 9.47 Å². The predicted molar refractivity (Wildman–Crippen MR) is 49.0 cm³/mol. The molecule has 0 amide bonds. The van der Waals surface area contributed by atoms with Gasteiger partial charge in [-0.25, -0.2) is 0 Å². The normalized spacial score (nSPS) is 29.8. The highest BCUT2D eigenvalue weighted by Gasteiger charge is 2.21. The summed E-state index contributed by atoms with van der Waals surface area (Å²) in [5, 5.41) is 0. The van der Waals surface area contributed by atoms with Gasteiger partial charge in [0, 0.05) is 6.61 Å². The Labute approximate surface area is 74.6 Å². The van der Waals surface area contributed by atoms with E-state index in [2.05, 4.69) is 6.58 Å². The van der Waals surface area contributed by atoms with Crippen LogP contribution in [0.1, 0.15) is 32.6 Å². The molecule has 0 aliphatic heterocycles. The van der Waals surface area contributed by atoms with Gasteiger partial charge in [0.25, 0.3) is 0 Å². The summed E-state index contributed by atoms with van der Waals surface area (Å²) >= 11 is 0. The van der Waals surface area contributed by atoms with Crippen LogP contribution in [-0.4, -0.2) is 18.8 Å². The fourth-order valence-electron chi connectivity index (χ4n) is 1.71. The number of rotatable bonds is 4. The highest BCUT2D eigenvalue weighted by atomic mass is 16.5. The molecule has 0 unspecified atom stereocenters. The predicted octanol–water partition coefficient (Wildman–Crippen LogP) is 2.49. The maximum Gasteiger partial charge on any atom is 0.0980 e. The fourth-order valence-corrected chi connectivity index (χ4v) is 1.71. The van der Waals surface area contributed by atoms with Crippen LogP contribution in [0.3, 0.4) is 0 Å². The topological polar surface area (TPSA) is 18.5 Å². The van der Waals surface area contributed by atoms with Crippen LogP contribution in [0.4, 0.5) is 0 Å². The summed E-state index contributed by atoms with van der Waals surface area (Å²) in [5.74, 6) is 0. The Balaban J connectivity index is 2.15. The van der Waals surface area contributed by atoms with Gasteiger partial charge in [-0.1, -0.05) is 6.58 Å². The molecular weight excluding hydrogens is 152 g/mol. The van der Waals surface area contributed by atoms with Gasteiger partial charge in [-0.2, -0.15) is 0 Å². The lowest BCUT2D eigenvalue weighted by atomic mass is 9.95. The van der Waals surface area contributed by atoms with Crippen molar-refractivity contribution in [2.75, 3.05) is 6.61 Å². The first-order valence-electron chi connectivity index (χ1n) is 4.74. The molecule has 0 aromatic rings. The van der Waals surface area contributed by atoms with Crippen molar-refractivity contribution >= 4 is 0 Å². The van der Waals surface area contributed by atoms with Gasteiger partial charge in [0.15, 0.2) is 0 Å². The van der Waals surface area contributed by atoms with Crippen molar-refractivity contribution < 1.29 is 9.47 Å². The average Bonchev–Trinajstić information content (AvgIpc) is 2.09. The van der Waals surface area contributed by atoms with E-state index in [1.54, 1.807) is 6.26 Å². The summed E-state index contributed by atoms with van der Waals surface area (Å²) in [6.45, 7) is 6.44. The molecule has 1 saturated carbocycles. The number of hydrogen-bond donors (Lipinski definition) is 0. The second-order valence-corrected chi connectivity index (χ2v) is 3.16. The zero-order valence-electron chi connectivity index (χ0n) is 7.79. The van der Waals surface area contributed by atoms with Crippen LogP contribution in [-0.2, 0) is 9.47 Å². The van der Waals surface area contributed by atoms with Gasteiger partial charge in [0.05, 0.1) is 18.5 Å². The van der Waals surface area contributed by atoms with E-state index in [0.29, 0.717) is 12.2 Å². The number of ether oxygens (including phenoxy) is 2. The second kappa shape index (κ2) is 5.20. The standard InChI is InChI=1S/C10H18O2/c1-3-11-9-5-7-10(8-6-9)12-4-2/h3,9-10H,1,4-8H2,2H3. The highest BCUT2D eigenvalue weighted by molar-refractivity contribution is 4.74. The van der Waals surface area contributed by atoms with Crippen molar-refractivity contribution in [3.05, 3.63) is 12.8 Å². The lowest BCUT2D eigenvalue weighted by molar-refractivity contribution is -0.00162. The Hall–Kier alpha value is -0.500. The minimum Gasteiger partial charge on any atom is -0.499 e. The Kier molecular flexibility index (Phi) is 4.15. The quantitative estimate of drug-likeness (QED) is 0.603. The average molecular weight is 170 g/mol. The van der Waals surface area contributed by atoms with Gasteiger partial charge in [0.2, 0.25) is 0 Å². The van der Waals surface area contributed by atoms with Crippen LogP contribution in [0.2, 0.25) is 0 Å². The van der Waals surface area contributed by atoms with Crippen molar-refractivity contribution in [1.82, 2.24) is 0 Å². The Morgan fingerprint density at radius 3 is 2.33 bits per heavy atom. The highest BCUT2D eigenvalue weighted by Crippen LogP contribution is 2.23. The van der Waals surface area contributed by atoms with Crippen molar-refractivity contribution in [3.8, 4) is 0 Å². The molecule has 0 saturated heterocycles. The zero-order chi connectivity index (χ0) is 8.81. The molecule has 70 valence electrons. The second-order valence-electron chi connectivity index (χ2n) is 3.16. The Morgan fingerprint density at radius 1 is 1.25 bits per heavy atom. The van der Waals surface area contributed by atoms with E-state index in [-0.39, 0.29) is 0 Å². The first kappa shape index (κ1) is 9.59. The molecule has 2 heteroatoms. The lowest BCUT2D eigenvalue weighted by Gasteiger charge is -2.27. The summed E-state index contributed by atoms with van der Waals surface area (Å²) in [7, 11) is 0. The van der Waals surface area contributed by atoms with Gasteiger partial charge in [0.1, 0.15) is 0 Å². The molecule has 1 fully saturated rings. The third kappa shape index (κ3) is 2.86. The molecule has 0 heterocycles. The van der Waals surface area contributed by atoms with Crippen LogP contribution in [0.5, 0.6) is 0 Å². The molecule has 2 nitrogen and oxygen atoms in total. The van der Waals surface area contributed by atoms with Crippen molar-refractivity contribution in [3.63, 3.8) is 0 Å². The maximum atomic E-state index is 5.53. The molecule has 0 N–H and O–H groups in total. The zero-order valence-corrected chi connectivity index (χ0v) is 7.79. The fraction of sp³-hybridized carbons (Fsp3) is 0.800. The van der Waals surface area contributed by atoms with E-state index in [1.165, 1.54) is 0 Å². The Morgan fingerprint density at radius 2 is 1.83 bits per heavy atom. The minimum atomic E-state index is 0.388. The summed E-state index contributed by atoms with van der Waals surface area (Å²) < 4.78 is 10.8. The summed E-state index contributed by atoms with van der Waals surface area (Å²) in [6.07, 6.45) is 6.89. The van der Waals surface area contributed by atoms with Gasteiger partial charge >= 0.3 is 0 Å². The largest absolute Gasteiger partial charge is 0.499 e. The molecule has 1 aliphatic rings. The maximum absolute atomic E-state index is 5.53. The van der Waals surface area contributed by atoms with Gasteiger partial charge in [-0.15, -0.1) is 0 Å². The molecule has 1 rings (SSSR count). The van der Waals surface area contributed by atoms with Crippen molar-refractivity contribution in [2.45, 2.75) is 44.8 Å². The monoisotopic (exact) mass is 170 g/mol. The van der Waals surface area contributed by atoms with Gasteiger partial charge in [-0.05, 0) is 32.6 Å². The summed E-state index contributed by atoms with van der Waals surface area (Å²) in [6, 6.07) is 0. The Bertz CT molecular complexity index is 126. The molecule has 0 aromatic heterocycles. The SMILES string of the molecule is C=COC1CCC(OCC)CC1. The molecule has 0 bridgehead atoms. The van der Waals surface area contributed by atoms with Crippen LogP contribution in [0.25, 0.3) is 0 Å². The summed E-state index contributed by atoms with van der Waals surface area (Å²) in [5.41, 5.74) is 0. The van der Waals surface area contributed by atoms with E-state index in [1.807, 2.05) is 6.92 Å². The molecule has 12 heavy (non-hydrogen) atoms. The van der Waals surface area contributed by atoms with Crippen molar-refractivity contribution in [2.24, 2.45) is 0 Å². The van der Waals surface area contributed by atoms with Gasteiger partial charge < -0.3 is 9.47 Å². The third-order valence-corrected chi connectivity index (χ3v) is 2.31. The van der Waals surface area contributed by atoms with E-state index in [0.717, 1.165) is 32.3 Å². The van der Waals surface area contributed by atoms with Crippen molar-refractivity contribution in [1.29, 1.82) is 0 Å². The van der Waals surface area contributed by atoms with Gasteiger partial charge in [-0.3, -0.25) is 0 Å². The molecular formula is C10H18O2. The first-order valence-corrected chi connectivity index (χ1v) is 4.74. The molecule has 1 aliphatic carbocycles. The van der Waals surface area contributed by atoms with Crippen LogP contribution >= 0.6 is 0 Å².